The van der Waals surface area contributed by atoms with Gasteiger partial charge in [0, 0.05) is 11.6 Å². The van der Waals surface area contributed by atoms with Crippen molar-refractivity contribution in [1.29, 1.82) is 0 Å². The van der Waals surface area contributed by atoms with Crippen LogP contribution in [-0.2, 0) is 13.8 Å². The van der Waals surface area contributed by atoms with E-state index in [0.29, 0.717) is 5.39 Å². The number of fused-ring (bicyclic) bond motifs is 1. The van der Waals surface area contributed by atoms with Crippen molar-refractivity contribution in [2.24, 2.45) is 0 Å². The Morgan fingerprint density at radius 3 is 2.86 bits per heavy atom. The van der Waals surface area contributed by atoms with E-state index in [4.69, 9.17) is 14.2 Å². The van der Waals surface area contributed by atoms with Gasteiger partial charge in [-0.15, -0.1) is 0 Å². The first-order chi connectivity index (χ1) is 10.6. The largest absolute Gasteiger partial charge is 0.394 e. The zero-order valence-electron chi connectivity index (χ0n) is 11.6. The molecule has 0 bridgehead atoms. The molecule has 2 N–H and O–H groups in total. The fourth-order valence-electron chi connectivity index (χ4n) is 2.79. The molecule has 0 spiro atoms. The van der Waals surface area contributed by atoms with Gasteiger partial charge < -0.3 is 23.8 Å². The first-order valence-electron chi connectivity index (χ1n) is 6.83. The van der Waals surface area contributed by atoms with Crippen molar-refractivity contribution < 1.29 is 23.8 Å². The van der Waals surface area contributed by atoms with E-state index in [9.17, 15) is 14.5 Å². The average Bonchev–Trinajstić information content (AvgIpc) is 2.90. The summed E-state index contributed by atoms with van der Waals surface area (Å²) in [5.74, 6) is 0. The summed E-state index contributed by atoms with van der Waals surface area (Å²) >= 11 is 0. The highest BCUT2D eigenvalue weighted by molar-refractivity contribution is 7.32. The molecule has 1 saturated heterocycles. The second kappa shape index (κ2) is 6.32. The minimum atomic E-state index is -3.21. The summed E-state index contributed by atoms with van der Waals surface area (Å²) in [6.45, 7) is -0.220. The topological polar surface area (TPSA) is 98.0 Å². The maximum absolute atomic E-state index is 12.6. The molecule has 3 unspecified atom stereocenters. The van der Waals surface area contributed by atoms with E-state index in [0.717, 1.165) is 5.39 Å². The van der Waals surface area contributed by atoms with E-state index in [1.165, 1.54) is 4.57 Å². The molecule has 2 heterocycles. The Hall–Kier alpha value is -1.50. The molecular formula is C14H16NO6P. The highest BCUT2D eigenvalue weighted by Crippen LogP contribution is 2.33. The lowest BCUT2D eigenvalue weighted by Crippen LogP contribution is -2.36. The Balaban J connectivity index is 2.04. The molecule has 1 fully saturated rings. The van der Waals surface area contributed by atoms with Crippen LogP contribution in [0.2, 0.25) is 0 Å². The van der Waals surface area contributed by atoms with E-state index < -0.39 is 26.5 Å². The van der Waals surface area contributed by atoms with Crippen LogP contribution in [0, 0.1) is 0 Å². The van der Waals surface area contributed by atoms with Crippen LogP contribution in [0.3, 0.4) is 0 Å². The van der Waals surface area contributed by atoms with E-state index in [2.05, 4.69) is 0 Å². The Labute approximate surface area is 126 Å². The normalized spacial score (nSPS) is 26.4. The van der Waals surface area contributed by atoms with Gasteiger partial charge in [-0.3, -0.25) is 9.36 Å². The lowest BCUT2D eigenvalue weighted by Gasteiger charge is -2.22. The minimum Gasteiger partial charge on any atom is -0.394 e. The van der Waals surface area contributed by atoms with Gasteiger partial charge in [0.25, 0.3) is 5.56 Å². The standard InChI is InChI=1S/C14H16NO6P/c16-7-12-13(21-22(18)19)11(8-20-12)15-6-5-9-3-1-2-4-10(9)14(15)17/h1-6,11-13,16,22H,7-8H2,(H,18,19)/t11?,12-,13?/m1/s1. The SMILES string of the molecule is O=c1c2ccccc2ccn1C1CO[C@H](CO)C1O[PH](=O)O. The molecule has 0 radical (unpaired) electrons. The van der Waals surface area contributed by atoms with E-state index in [-0.39, 0.29) is 18.8 Å². The maximum Gasteiger partial charge on any atom is 0.317 e. The minimum absolute atomic E-state index is 0.128. The number of pyridine rings is 1. The summed E-state index contributed by atoms with van der Waals surface area (Å²) in [7, 11) is -3.21. The number of aromatic nitrogens is 1. The molecule has 7 nitrogen and oxygen atoms in total. The first-order valence-corrected chi connectivity index (χ1v) is 8.10. The second-order valence-electron chi connectivity index (χ2n) is 5.09. The number of rotatable bonds is 4. The van der Waals surface area contributed by atoms with Crippen molar-refractivity contribution in [1.82, 2.24) is 4.57 Å². The molecule has 1 aliphatic rings. The molecule has 0 aliphatic carbocycles. The van der Waals surface area contributed by atoms with Crippen LogP contribution < -0.4 is 5.56 Å². The van der Waals surface area contributed by atoms with Gasteiger partial charge in [0.1, 0.15) is 12.2 Å². The molecule has 2 aromatic rings. The molecule has 0 saturated carbocycles. The summed E-state index contributed by atoms with van der Waals surface area (Å²) in [5.41, 5.74) is -0.225. The van der Waals surface area contributed by atoms with Crippen LogP contribution in [0.1, 0.15) is 6.04 Å². The van der Waals surface area contributed by atoms with Gasteiger partial charge in [-0.2, -0.15) is 0 Å². The fourth-order valence-corrected chi connectivity index (χ4v) is 3.33. The monoisotopic (exact) mass is 325 g/mol. The molecule has 118 valence electrons. The van der Waals surface area contributed by atoms with Gasteiger partial charge in [0.2, 0.25) is 0 Å². The third-order valence-corrected chi connectivity index (χ3v) is 4.32. The number of hydrogen-bond donors (Lipinski definition) is 2. The number of benzene rings is 1. The van der Waals surface area contributed by atoms with Crippen molar-refractivity contribution in [2.75, 3.05) is 13.2 Å². The Morgan fingerprint density at radius 1 is 1.36 bits per heavy atom. The van der Waals surface area contributed by atoms with Crippen molar-refractivity contribution in [3.05, 3.63) is 46.9 Å². The van der Waals surface area contributed by atoms with Crippen molar-refractivity contribution in [3.63, 3.8) is 0 Å². The van der Waals surface area contributed by atoms with Gasteiger partial charge in [0.05, 0.1) is 19.3 Å². The highest BCUT2D eigenvalue weighted by Gasteiger charge is 2.40. The maximum atomic E-state index is 12.6. The molecule has 0 amide bonds. The third kappa shape index (κ3) is 2.74. The van der Waals surface area contributed by atoms with Crippen LogP contribution in [0.4, 0.5) is 0 Å². The fraction of sp³-hybridized carbons (Fsp3) is 0.357. The molecular weight excluding hydrogens is 309 g/mol. The predicted molar refractivity (Wildman–Crippen MR) is 80.2 cm³/mol. The third-order valence-electron chi connectivity index (χ3n) is 3.84. The van der Waals surface area contributed by atoms with Crippen molar-refractivity contribution in [2.45, 2.75) is 18.2 Å². The lowest BCUT2D eigenvalue weighted by molar-refractivity contribution is 0.0108. The Morgan fingerprint density at radius 2 is 2.14 bits per heavy atom. The van der Waals surface area contributed by atoms with Crippen molar-refractivity contribution >= 4 is 19.0 Å². The molecule has 1 aromatic heterocycles. The molecule has 8 heteroatoms. The molecule has 1 aliphatic heterocycles. The van der Waals surface area contributed by atoms with Crippen LogP contribution in [0.5, 0.6) is 0 Å². The van der Waals surface area contributed by atoms with Gasteiger partial charge in [0.15, 0.2) is 0 Å². The average molecular weight is 325 g/mol. The second-order valence-corrected chi connectivity index (χ2v) is 5.85. The molecule has 3 rings (SSSR count). The van der Waals surface area contributed by atoms with E-state index in [1.54, 1.807) is 24.4 Å². The van der Waals surface area contributed by atoms with Gasteiger partial charge in [-0.25, -0.2) is 0 Å². The number of nitrogens with zero attached hydrogens (tertiary/aromatic N) is 1. The van der Waals surface area contributed by atoms with E-state index in [1.807, 2.05) is 12.1 Å². The summed E-state index contributed by atoms with van der Waals surface area (Å²) in [5, 5.41) is 10.7. The van der Waals surface area contributed by atoms with Gasteiger partial charge in [-0.1, -0.05) is 18.2 Å². The van der Waals surface area contributed by atoms with Crippen molar-refractivity contribution in [3.8, 4) is 0 Å². The first kappa shape index (κ1) is 15.4. The zero-order chi connectivity index (χ0) is 15.7. The smallest absolute Gasteiger partial charge is 0.317 e. The Kier molecular flexibility index (Phi) is 4.42. The number of hydrogen-bond acceptors (Lipinski definition) is 5. The van der Waals surface area contributed by atoms with Gasteiger partial charge >= 0.3 is 8.25 Å². The van der Waals surface area contributed by atoms with Crippen LogP contribution in [0.25, 0.3) is 10.8 Å². The summed E-state index contributed by atoms with van der Waals surface area (Å²) in [6.07, 6.45) is 0.0355. The predicted octanol–water partition coefficient (Wildman–Crippen LogP) is 0.701. The summed E-state index contributed by atoms with van der Waals surface area (Å²) < 4.78 is 22.9. The molecule has 1 aromatic carbocycles. The molecule has 22 heavy (non-hydrogen) atoms. The zero-order valence-corrected chi connectivity index (χ0v) is 12.6. The van der Waals surface area contributed by atoms with Gasteiger partial charge in [-0.05, 0) is 17.5 Å². The molecule has 4 atom stereocenters. The lowest BCUT2D eigenvalue weighted by atomic mass is 10.1. The van der Waals surface area contributed by atoms with Crippen LogP contribution >= 0.6 is 8.25 Å². The Bertz CT molecular complexity index is 760. The number of ether oxygens (including phenoxy) is 1. The van der Waals surface area contributed by atoms with E-state index >= 15 is 0 Å². The number of aliphatic hydroxyl groups excluding tert-OH is 1. The summed E-state index contributed by atoms with van der Waals surface area (Å²) in [6, 6.07) is 8.41. The summed E-state index contributed by atoms with van der Waals surface area (Å²) in [4.78, 5) is 21.6. The van der Waals surface area contributed by atoms with Crippen LogP contribution in [-0.4, -0.2) is 40.0 Å². The highest BCUT2D eigenvalue weighted by atomic mass is 31.1. The quantitative estimate of drug-likeness (QED) is 0.803. The number of aliphatic hydroxyl groups is 1. The van der Waals surface area contributed by atoms with Crippen LogP contribution in [0.15, 0.2) is 41.3 Å².